The fraction of sp³-hybridized carbons (Fsp3) is 0.211. The molecule has 4 rings (SSSR count). The molecule has 1 N–H and O–H groups in total. The Kier molecular flexibility index (Phi) is 3.17. The first-order valence-corrected chi connectivity index (χ1v) is 7.52. The highest BCUT2D eigenvalue weighted by molar-refractivity contribution is 5.84. The van der Waals surface area contributed by atoms with Crippen molar-refractivity contribution in [2.75, 3.05) is 6.54 Å². The van der Waals surface area contributed by atoms with Crippen LogP contribution in [-0.4, -0.2) is 11.5 Å². The second-order valence-electron chi connectivity index (χ2n) is 5.75. The number of fused-ring (bicyclic) bond motifs is 2. The van der Waals surface area contributed by atoms with E-state index in [1.54, 1.807) is 0 Å². The van der Waals surface area contributed by atoms with Gasteiger partial charge < -0.3 is 5.32 Å². The van der Waals surface area contributed by atoms with E-state index in [1.807, 2.05) is 12.4 Å². The van der Waals surface area contributed by atoms with E-state index in [4.69, 9.17) is 0 Å². The number of nitrogens with zero attached hydrogens (tertiary/aromatic N) is 1. The molecule has 1 unspecified atom stereocenters. The second-order valence-corrected chi connectivity index (χ2v) is 5.75. The summed E-state index contributed by atoms with van der Waals surface area (Å²) in [6, 6.07) is 17.2. The van der Waals surface area contributed by atoms with Crippen LogP contribution < -0.4 is 5.32 Å². The average Bonchev–Trinajstić information content (AvgIpc) is 2.52. The Morgan fingerprint density at radius 1 is 1.00 bits per heavy atom. The van der Waals surface area contributed by atoms with Gasteiger partial charge >= 0.3 is 0 Å². The molecule has 0 bridgehead atoms. The second kappa shape index (κ2) is 5.30. The van der Waals surface area contributed by atoms with Gasteiger partial charge in [-0.3, -0.25) is 4.98 Å². The zero-order valence-corrected chi connectivity index (χ0v) is 11.9. The van der Waals surface area contributed by atoms with Gasteiger partial charge in [0.05, 0.1) is 0 Å². The van der Waals surface area contributed by atoms with Crippen LogP contribution in [0.5, 0.6) is 0 Å². The number of nitrogens with one attached hydrogen (secondary N) is 1. The van der Waals surface area contributed by atoms with Gasteiger partial charge in [0, 0.05) is 36.8 Å². The van der Waals surface area contributed by atoms with Crippen LogP contribution in [0, 0.1) is 0 Å². The molecule has 0 saturated heterocycles. The van der Waals surface area contributed by atoms with Crippen molar-refractivity contribution in [1.29, 1.82) is 0 Å². The first-order valence-electron chi connectivity index (χ1n) is 7.52. The zero-order chi connectivity index (χ0) is 14.1. The summed E-state index contributed by atoms with van der Waals surface area (Å²) in [6.45, 7) is 1.92. The lowest BCUT2D eigenvalue weighted by Crippen LogP contribution is -2.28. The Morgan fingerprint density at radius 3 is 2.81 bits per heavy atom. The summed E-state index contributed by atoms with van der Waals surface area (Å²) in [5.74, 6) is 0.670. The summed E-state index contributed by atoms with van der Waals surface area (Å²) in [5.41, 5.74) is 4.30. The summed E-state index contributed by atoms with van der Waals surface area (Å²) >= 11 is 0. The molecule has 0 fully saturated rings. The Bertz CT molecular complexity index is 774. The van der Waals surface area contributed by atoms with Gasteiger partial charge in [-0.2, -0.15) is 0 Å². The van der Waals surface area contributed by atoms with Crippen molar-refractivity contribution in [1.82, 2.24) is 10.3 Å². The van der Waals surface area contributed by atoms with Crippen molar-refractivity contribution in [3.05, 3.63) is 77.6 Å². The molecule has 2 aromatic carbocycles. The molecule has 0 saturated carbocycles. The molecule has 0 spiro atoms. The van der Waals surface area contributed by atoms with E-state index in [0.717, 1.165) is 13.1 Å². The van der Waals surface area contributed by atoms with E-state index in [-0.39, 0.29) is 0 Å². The Balaban J connectivity index is 1.43. The Hall–Kier alpha value is -2.19. The number of hydrogen-bond acceptors (Lipinski definition) is 2. The number of benzene rings is 2. The van der Waals surface area contributed by atoms with Gasteiger partial charge in [-0.25, -0.2) is 0 Å². The Labute approximate surface area is 124 Å². The molecule has 104 valence electrons. The van der Waals surface area contributed by atoms with Gasteiger partial charge in [-0.15, -0.1) is 0 Å². The predicted octanol–water partition coefficient (Wildman–Crippen LogP) is 3.66. The van der Waals surface area contributed by atoms with Gasteiger partial charge in [0.25, 0.3) is 0 Å². The van der Waals surface area contributed by atoms with Crippen LogP contribution in [0.15, 0.2) is 60.9 Å². The zero-order valence-electron chi connectivity index (χ0n) is 11.9. The van der Waals surface area contributed by atoms with E-state index in [2.05, 4.69) is 58.8 Å². The van der Waals surface area contributed by atoms with E-state index in [9.17, 15) is 0 Å². The third kappa shape index (κ3) is 2.32. The van der Waals surface area contributed by atoms with Crippen LogP contribution in [0.3, 0.4) is 0 Å². The van der Waals surface area contributed by atoms with E-state index in [1.165, 1.54) is 33.9 Å². The van der Waals surface area contributed by atoms with Crippen LogP contribution in [0.2, 0.25) is 0 Å². The lowest BCUT2D eigenvalue weighted by atomic mass is 9.77. The average molecular weight is 274 g/mol. The molecule has 1 aliphatic carbocycles. The highest BCUT2D eigenvalue weighted by Crippen LogP contribution is 2.34. The molecule has 1 atom stereocenters. The summed E-state index contributed by atoms with van der Waals surface area (Å²) in [6.07, 6.45) is 5.11. The molecule has 2 nitrogen and oxygen atoms in total. The van der Waals surface area contributed by atoms with Crippen LogP contribution in [0.4, 0.5) is 0 Å². The molecule has 0 radical (unpaired) electrons. The topological polar surface area (TPSA) is 24.9 Å². The maximum absolute atomic E-state index is 4.34. The normalized spacial score (nSPS) is 16.5. The quantitative estimate of drug-likeness (QED) is 0.785. The van der Waals surface area contributed by atoms with E-state index in [0.29, 0.717) is 5.92 Å². The summed E-state index contributed by atoms with van der Waals surface area (Å²) in [5, 5.41) is 6.11. The molecule has 1 heterocycles. The number of aromatic nitrogens is 1. The largest absolute Gasteiger partial charge is 0.312 e. The molecule has 1 aliphatic rings. The smallest absolute Gasteiger partial charge is 0.0346 e. The van der Waals surface area contributed by atoms with Crippen molar-refractivity contribution in [2.45, 2.75) is 18.9 Å². The highest BCUT2D eigenvalue weighted by Gasteiger charge is 2.24. The van der Waals surface area contributed by atoms with Gasteiger partial charge in [0.1, 0.15) is 0 Å². The van der Waals surface area contributed by atoms with Gasteiger partial charge in [-0.1, -0.05) is 48.5 Å². The summed E-state index contributed by atoms with van der Waals surface area (Å²) in [7, 11) is 0. The molecule has 2 heteroatoms. The monoisotopic (exact) mass is 274 g/mol. The lowest BCUT2D eigenvalue weighted by molar-refractivity contribution is 0.536. The third-order valence-corrected chi connectivity index (χ3v) is 4.42. The third-order valence-electron chi connectivity index (χ3n) is 4.42. The number of rotatable bonds is 4. The molecular weight excluding hydrogens is 256 g/mol. The molecule has 3 aromatic rings. The minimum Gasteiger partial charge on any atom is -0.312 e. The number of hydrogen-bond donors (Lipinski definition) is 1. The lowest BCUT2D eigenvalue weighted by Gasteiger charge is -2.30. The minimum absolute atomic E-state index is 0.670. The maximum atomic E-state index is 4.34. The molecule has 1 aromatic heterocycles. The SMILES string of the molecule is c1ccc2c(c1)CC2CNCc1cncc2ccccc12. The Morgan fingerprint density at radius 2 is 1.86 bits per heavy atom. The minimum atomic E-state index is 0.670. The van der Waals surface area contributed by atoms with Crippen molar-refractivity contribution in [3.63, 3.8) is 0 Å². The molecular formula is C19H18N2. The fourth-order valence-corrected chi connectivity index (χ4v) is 3.25. The standard InChI is InChI=1S/C19H18N2/c1-3-7-18-14(5-1)9-16(18)11-21-13-17-12-20-10-15-6-2-4-8-19(15)17/h1-8,10,12,16,21H,9,11,13H2. The van der Waals surface area contributed by atoms with Gasteiger partial charge in [0.2, 0.25) is 0 Å². The number of pyridine rings is 1. The van der Waals surface area contributed by atoms with Crippen LogP contribution in [0.25, 0.3) is 10.8 Å². The van der Waals surface area contributed by atoms with Crippen LogP contribution in [-0.2, 0) is 13.0 Å². The summed E-state index contributed by atoms with van der Waals surface area (Å²) in [4.78, 5) is 4.34. The van der Waals surface area contributed by atoms with E-state index >= 15 is 0 Å². The molecule has 0 amide bonds. The van der Waals surface area contributed by atoms with Crippen molar-refractivity contribution in [2.24, 2.45) is 0 Å². The van der Waals surface area contributed by atoms with Crippen molar-refractivity contribution in [3.8, 4) is 0 Å². The van der Waals surface area contributed by atoms with E-state index < -0.39 is 0 Å². The van der Waals surface area contributed by atoms with Crippen molar-refractivity contribution >= 4 is 10.8 Å². The molecule has 0 aliphatic heterocycles. The first kappa shape index (κ1) is 12.5. The fourth-order valence-electron chi connectivity index (χ4n) is 3.25. The highest BCUT2D eigenvalue weighted by atomic mass is 14.9. The predicted molar refractivity (Wildman–Crippen MR) is 86.3 cm³/mol. The first-order chi connectivity index (χ1) is 10.4. The van der Waals surface area contributed by atoms with Crippen LogP contribution in [0.1, 0.15) is 22.6 Å². The molecule has 21 heavy (non-hydrogen) atoms. The van der Waals surface area contributed by atoms with Gasteiger partial charge in [0.15, 0.2) is 0 Å². The maximum Gasteiger partial charge on any atom is 0.0346 e. The van der Waals surface area contributed by atoms with Crippen LogP contribution >= 0.6 is 0 Å². The van der Waals surface area contributed by atoms with Crippen molar-refractivity contribution < 1.29 is 0 Å². The van der Waals surface area contributed by atoms with Gasteiger partial charge in [-0.05, 0) is 28.5 Å². The summed E-state index contributed by atoms with van der Waals surface area (Å²) < 4.78 is 0.